The predicted molar refractivity (Wildman–Crippen MR) is 89.2 cm³/mol. The monoisotopic (exact) mass is 319 g/mol. The molecule has 0 radical (unpaired) electrons. The highest BCUT2D eigenvalue weighted by Gasteiger charge is 2.09. The Kier molecular flexibility index (Phi) is 4.82. The third-order valence-corrected chi connectivity index (χ3v) is 3.28. The Morgan fingerprint density at radius 1 is 1.18 bits per heavy atom. The van der Waals surface area contributed by atoms with Crippen LogP contribution < -0.4 is 16.4 Å². The highest BCUT2D eigenvalue weighted by molar-refractivity contribution is 6.29. The molecule has 7 heteroatoms. The number of halogens is 1. The van der Waals surface area contributed by atoms with Gasteiger partial charge >= 0.3 is 0 Å². The number of hydrogen-bond donors (Lipinski definition) is 3. The first-order valence-electron chi connectivity index (χ1n) is 6.77. The summed E-state index contributed by atoms with van der Waals surface area (Å²) in [6, 6.07) is 5.56. The number of anilines is 3. The molecule has 0 atom stereocenters. The molecular weight excluding hydrogens is 302 g/mol. The van der Waals surface area contributed by atoms with Crippen molar-refractivity contribution in [2.24, 2.45) is 0 Å². The molecule has 1 aromatic carbocycles. The van der Waals surface area contributed by atoms with Crippen molar-refractivity contribution in [2.75, 3.05) is 22.9 Å². The summed E-state index contributed by atoms with van der Waals surface area (Å²) in [6.45, 7) is 6.01. The Bertz CT molecular complexity index is 674. The Morgan fingerprint density at radius 2 is 1.82 bits per heavy atom. The number of nitrogens with two attached hydrogens (primary N) is 1. The topological polar surface area (TPSA) is 92.9 Å². The highest BCUT2D eigenvalue weighted by atomic mass is 35.5. The van der Waals surface area contributed by atoms with Gasteiger partial charge in [0.2, 0.25) is 11.9 Å². The highest BCUT2D eigenvalue weighted by Crippen LogP contribution is 2.21. The van der Waals surface area contributed by atoms with Gasteiger partial charge in [-0.25, -0.2) is 4.98 Å². The SMILES string of the molecule is Cc1cc(C)c(NC(=O)CNc2cc(Cl)nc(N)n2)c(C)c1. The number of nitrogen functional groups attached to an aromatic ring is 1. The number of carbonyl (C=O) groups is 1. The van der Waals surface area contributed by atoms with Gasteiger partial charge in [-0.3, -0.25) is 4.79 Å². The number of nitrogens with zero attached hydrogens (tertiary/aromatic N) is 2. The van der Waals surface area contributed by atoms with Crippen LogP contribution in [0.15, 0.2) is 18.2 Å². The van der Waals surface area contributed by atoms with E-state index in [1.54, 1.807) is 0 Å². The standard InChI is InChI=1S/C15H18ClN5O/c1-8-4-9(2)14(10(3)5-8)21-13(22)7-18-12-6-11(16)19-15(17)20-12/h4-6H,7H2,1-3H3,(H,21,22)(H3,17,18,19,20). The average Bonchev–Trinajstić information content (AvgIpc) is 2.39. The summed E-state index contributed by atoms with van der Waals surface area (Å²) in [4.78, 5) is 19.8. The molecule has 1 heterocycles. The third-order valence-electron chi connectivity index (χ3n) is 3.08. The van der Waals surface area contributed by atoms with Crippen molar-refractivity contribution < 1.29 is 4.79 Å². The minimum absolute atomic E-state index is 0.0551. The lowest BCUT2D eigenvalue weighted by Crippen LogP contribution is -2.23. The van der Waals surface area contributed by atoms with Crippen LogP contribution in [0.2, 0.25) is 5.15 Å². The molecule has 0 saturated heterocycles. The van der Waals surface area contributed by atoms with Gasteiger partial charge in [0, 0.05) is 11.8 Å². The summed E-state index contributed by atoms with van der Waals surface area (Å²) in [6.07, 6.45) is 0. The lowest BCUT2D eigenvalue weighted by molar-refractivity contribution is -0.114. The van der Waals surface area contributed by atoms with Gasteiger partial charge < -0.3 is 16.4 Å². The summed E-state index contributed by atoms with van der Waals surface area (Å²) in [5.74, 6) is 0.286. The Balaban J connectivity index is 2.02. The van der Waals surface area contributed by atoms with Crippen LogP contribution in [0.25, 0.3) is 0 Å². The van der Waals surface area contributed by atoms with E-state index in [4.69, 9.17) is 17.3 Å². The first kappa shape index (κ1) is 16.0. The molecule has 0 aliphatic carbocycles. The summed E-state index contributed by atoms with van der Waals surface area (Å²) in [7, 11) is 0. The molecule has 6 nitrogen and oxygen atoms in total. The quantitative estimate of drug-likeness (QED) is 0.753. The van der Waals surface area contributed by atoms with Crippen LogP contribution in [-0.4, -0.2) is 22.4 Å². The molecule has 1 amide bonds. The first-order chi connectivity index (χ1) is 10.3. The number of nitrogens with one attached hydrogen (secondary N) is 2. The van der Waals surface area contributed by atoms with E-state index in [1.165, 1.54) is 6.07 Å². The van der Waals surface area contributed by atoms with Gasteiger partial charge in [-0.2, -0.15) is 4.98 Å². The summed E-state index contributed by atoms with van der Waals surface area (Å²) in [5, 5.41) is 5.99. The second kappa shape index (κ2) is 6.62. The van der Waals surface area contributed by atoms with Crippen molar-refractivity contribution in [2.45, 2.75) is 20.8 Å². The molecule has 0 saturated carbocycles. The van der Waals surface area contributed by atoms with E-state index in [2.05, 4.69) is 20.6 Å². The van der Waals surface area contributed by atoms with Crippen molar-refractivity contribution in [1.29, 1.82) is 0 Å². The number of aromatic nitrogens is 2. The van der Waals surface area contributed by atoms with Crippen LogP contribution in [0.1, 0.15) is 16.7 Å². The van der Waals surface area contributed by atoms with E-state index in [0.29, 0.717) is 5.82 Å². The fourth-order valence-corrected chi connectivity index (χ4v) is 2.45. The second-order valence-corrected chi connectivity index (χ2v) is 5.50. The molecular formula is C15H18ClN5O. The zero-order chi connectivity index (χ0) is 16.3. The van der Waals surface area contributed by atoms with Crippen LogP contribution in [0.3, 0.4) is 0 Å². The van der Waals surface area contributed by atoms with Gasteiger partial charge in [0.25, 0.3) is 0 Å². The number of amides is 1. The fraction of sp³-hybridized carbons (Fsp3) is 0.267. The normalized spacial score (nSPS) is 10.4. The molecule has 0 spiro atoms. The summed E-state index contributed by atoms with van der Waals surface area (Å²) < 4.78 is 0. The molecule has 2 rings (SSSR count). The number of benzene rings is 1. The molecule has 4 N–H and O–H groups in total. The van der Waals surface area contributed by atoms with Gasteiger partial charge in [-0.15, -0.1) is 0 Å². The number of aryl methyl sites for hydroxylation is 3. The zero-order valence-electron chi connectivity index (χ0n) is 12.7. The van der Waals surface area contributed by atoms with E-state index < -0.39 is 0 Å². The van der Waals surface area contributed by atoms with Crippen LogP contribution >= 0.6 is 11.6 Å². The van der Waals surface area contributed by atoms with Crippen molar-refractivity contribution in [3.8, 4) is 0 Å². The largest absolute Gasteiger partial charge is 0.368 e. The van der Waals surface area contributed by atoms with Crippen LogP contribution in [0.4, 0.5) is 17.5 Å². The van der Waals surface area contributed by atoms with Crippen molar-refractivity contribution in [3.05, 3.63) is 40.0 Å². The van der Waals surface area contributed by atoms with Crippen LogP contribution in [0.5, 0.6) is 0 Å². The lowest BCUT2D eigenvalue weighted by Gasteiger charge is -2.13. The van der Waals surface area contributed by atoms with Crippen molar-refractivity contribution >= 4 is 35.0 Å². The molecule has 0 unspecified atom stereocenters. The maximum atomic E-state index is 12.1. The van der Waals surface area contributed by atoms with Gasteiger partial charge in [-0.1, -0.05) is 29.3 Å². The van der Waals surface area contributed by atoms with E-state index in [9.17, 15) is 4.79 Å². The molecule has 0 aliphatic rings. The van der Waals surface area contributed by atoms with Gasteiger partial charge in [0.05, 0.1) is 6.54 Å². The third kappa shape index (κ3) is 4.08. The molecule has 22 heavy (non-hydrogen) atoms. The molecule has 0 aliphatic heterocycles. The lowest BCUT2D eigenvalue weighted by atomic mass is 10.1. The number of rotatable bonds is 4. The minimum Gasteiger partial charge on any atom is -0.368 e. The average molecular weight is 320 g/mol. The molecule has 2 aromatic rings. The first-order valence-corrected chi connectivity index (χ1v) is 7.14. The van der Waals surface area contributed by atoms with Crippen LogP contribution in [-0.2, 0) is 4.79 Å². The van der Waals surface area contributed by atoms with Crippen molar-refractivity contribution in [3.63, 3.8) is 0 Å². The Labute approximate surface area is 134 Å². The van der Waals surface area contributed by atoms with E-state index in [-0.39, 0.29) is 23.6 Å². The fourth-order valence-electron chi connectivity index (χ4n) is 2.26. The molecule has 1 aromatic heterocycles. The zero-order valence-corrected chi connectivity index (χ0v) is 13.5. The summed E-state index contributed by atoms with van der Waals surface area (Å²) >= 11 is 5.78. The summed E-state index contributed by atoms with van der Waals surface area (Å²) in [5.41, 5.74) is 9.55. The van der Waals surface area contributed by atoms with Gasteiger partial charge in [0.15, 0.2) is 0 Å². The maximum absolute atomic E-state index is 12.1. The predicted octanol–water partition coefficient (Wildman–Crippen LogP) is 2.69. The van der Waals surface area contributed by atoms with E-state index in [0.717, 1.165) is 22.4 Å². The minimum atomic E-state index is -0.177. The maximum Gasteiger partial charge on any atom is 0.243 e. The molecule has 0 fully saturated rings. The van der Waals surface area contributed by atoms with Gasteiger partial charge in [0.1, 0.15) is 11.0 Å². The number of carbonyl (C=O) groups excluding carboxylic acids is 1. The smallest absolute Gasteiger partial charge is 0.243 e. The molecule has 116 valence electrons. The van der Waals surface area contributed by atoms with Crippen molar-refractivity contribution in [1.82, 2.24) is 9.97 Å². The molecule has 0 bridgehead atoms. The van der Waals surface area contributed by atoms with E-state index >= 15 is 0 Å². The van der Waals surface area contributed by atoms with Gasteiger partial charge in [-0.05, 0) is 31.9 Å². The Hall–Kier alpha value is -2.34. The Morgan fingerprint density at radius 3 is 2.41 bits per heavy atom. The number of hydrogen-bond acceptors (Lipinski definition) is 5. The second-order valence-electron chi connectivity index (χ2n) is 5.11. The van der Waals surface area contributed by atoms with E-state index in [1.807, 2.05) is 32.9 Å². The van der Waals surface area contributed by atoms with Crippen LogP contribution in [0, 0.1) is 20.8 Å².